The van der Waals surface area contributed by atoms with Crippen molar-refractivity contribution in [3.05, 3.63) is 29.2 Å². The van der Waals surface area contributed by atoms with Gasteiger partial charge in [-0.2, -0.15) is 0 Å². The van der Waals surface area contributed by atoms with Gasteiger partial charge < -0.3 is 9.47 Å². The molecule has 0 heterocycles. The van der Waals surface area contributed by atoms with Crippen molar-refractivity contribution in [3.8, 4) is 0 Å². The zero-order valence-electron chi connectivity index (χ0n) is 31.6. The molecule has 0 amide bonds. The molecular weight excluding hydrogens is 568 g/mol. The summed E-state index contributed by atoms with van der Waals surface area (Å²) in [5.41, 5.74) is 5.34. The van der Waals surface area contributed by atoms with E-state index < -0.39 is 11.0 Å². The Kier molecular flexibility index (Phi) is 9.01. The first-order chi connectivity index (χ1) is 21.2. The number of Topliss-reactive ketones (excluding diaryl/α,β-unsaturated/α-hetero) is 1. The van der Waals surface area contributed by atoms with Gasteiger partial charge in [0, 0.05) is 18.3 Å². The van der Waals surface area contributed by atoms with Crippen LogP contribution >= 0.6 is 0 Å². The summed E-state index contributed by atoms with van der Waals surface area (Å²) >= 11 is 0. The molecule has 258 valence electrons. The van der Waals surface area contributed by atoms with E-state index >= 15 is 0 Å². The molecule has 0 bridgehead atoms. The smallest absolute Gasteiger partial charge is 0.312 e. The van der Waals surface area contributed by atoms with Crippen LogP contribution in [0.5, 0.6) is 0 Å². The Morgan fingerprint density at radius 1 is 0.935 bits per heavy atom. The Labute approximate surface area is 281 Å². The van der Waals surface area contributed by atoms with Crippen LogP contribution in [0.3, 0.4) is 0 Å². The van der Waals surface area contributed by atoms with Crippen LogP contribution in [0.15, 0.2) is 29.2 Å². The minimum Gasteiger partial charge on any atom is -0.486 e. The zero-order valence-corrected chi connectivity index (χ0v) is 31.6. The lowest BCUT2D eigenvalue weighted by Gasteiger charge is -2.69. The average molecular weight is 635 g/mol. The number of hydrogen-bond donors (Lipinski definition) is 0. The number of esters is 1. The molecule has 5 aliphatic rings. The molecule has 0 radical (unpaired) electrons. The third-order valence-corrected chi connectivity index (χ3v) is 14.4. The van der Waals surface area contributed by atoms with Gasteiger partial charge in [0.25, 0.3) is 0 Å². The Hall–Kier alpha value is -1.80. The third-order valence-electron chi connectivity index (χ3n) is 14.4. The molecule has 0 aromatic heterocycles. The highest BCUT2D eigenvalue weighted by molar-refractivity contribution is 6.00. The van der Waals surface area contributed by atoms with Crippen LogP contribution in [-0.2, 0) is 19.1 Å². The van der Waals surface area contributed by atoms with Crippen molar-refractivity contribution in [1.29, 1.82) is 0 Å². The normalized spacial score (nSPS) is 38.7. The molecule has 0 saturated heterocycles. The van der Waals surface area contributed by atoms with Gasteiger partial charge in [0.2, 0.25) is 0 Å². The van der Waals surface area contributed by atoms with Crippen LogP contribution in [0.25, 0.3) is 0 Å². The molecule has 0 aliphatic heterocycles. The van der Waals surface area contributed by atoms with Gasteiger partial charge in [-0.25, -0.2) is 0 Å². The van der Waals surface area contributed by atoms with Crippen LogP contribution < -0.4 is 0 Å². The molecule has 8 atom stereocenters. The first kappa shape index (κ1) is 35.5. The predicted molar refractivity (Wildman–Crippen MR) is 187 cm³/mol. The van der Waals surface area contributed by atoms with Crippen LogP contribution in [0, 0.1) is 56.7 Å². The lowest BCUT2D eigenvalue weighted by molar-refractivity contribution is -0.206. The van der Waals surface area contributed by atoms with Gasteiger partial charge in [-0.05, 0) is 144 Å². The van der Waals surface area contributed by atoms with E-state index in [1.165, 1.54) is 50.5 Å². The Bertz CT molecular complexity index is 1320. The first-order valence-electron chi connectivity index (χ1n) is 18.7. The summed E-state index contributed by atoms with van der Waals surface area (Å²) in [6.07, 6.45) is 12.0. The van der Waals surface area contributed by atoms with Gasteiger partial charge in [0.05, 0.1) is 5.41 Å². The van der Waals surface area contributed by atoms with Crippen molar-refractivity contribution in [2.75, 3.05) is 0 Å². The van der Waals surface area contributed by atoms with E-state index in [-0.39, 0.29) is 28.3 Å². The topological polar surface area (TPSA) is 52.6 Å². The van der Waals surface area contributed by atoms with Gasteiger partial charge in [-0.3, -0.25) is 9.59 Å². The number of rotatable bonds is 7. The molecule has 4 nitrogen and oxygen atoms in total. The van der Waals surface area contributed by atoms with Crippen molar-refractivity contribution in [2.45, 2.75) is 165 Å². The van der Waals surface area contributed by atoms with Gasteiger partial charge in [0.15, 0.2) is 5.78 Å². The summed E-state index contributed by atoms with van der Waals surface area (Å²) in [7, 11) is 0. The molecule has 5 aliphatic carbocycles. The maximum absolute atomic E-state index is 13.5. The number of carbonyl (C=O) groups is 2. The third kappa shape index (κ3) is 5.59. The Morgan fingerprint density at radius 3 is 2.17 bits per heavy atom. The van der Waals surface area contributed by atoms with Crippen LogP contribution in [-0.4, -0.2) is 23.5 Å². The molecule has 0 spiro atoms. The highest BCUT2D eigenvalue weighted by atomic mass is 16.6. The fourth-order valence-corrected chi connectivity index (χ4v) is 12.3. The molecular formula is C42H66O4. The zero-order chi connectivity index (χ0) is 34.3. The fraction of sp³-hybridized carbons (Fsp3) is 0.833. The summed E-state index contributed by atoms with van der Waals surface area (Å²) in [6.45, 7) is 30.6. The standard InChI is InChI=1S/C42H66O4/c1-14-27(24-38(8,9)36(44)46-37(5,6)7)45-33-20-22-41(13)31(39(33,10)11)19-21-40(12)29-18-23-42(15-2)25-30(43)34(26(3)4)35(42)28(29)16-17-32(40)41/h26,28-29,31-33H,1,15-25H2,2-13H3. The molecule has 46 heavy (non-hydrogen) atoms. The minimum absolute atomic E-state index is 0.0154. The van der Waals surface area contributed by atoms with Gasteiger partial charge >= 0.3 is 5.97 Å². The van der Waals surface area contributed by atoms with Gasteiger partial charge in [-0.15, -0.1) is 0 Å². The van der Waals surface area contributed by atoms with Crippen molar-refractivity contribution in [1.82, 2.24) is 0 Å². The predicted octanol–water partition coefficient (Wildman–Crippen LogP) is 10.8. The van der Waals surface area contributed by atoms with Crippen molar-refractivity contribution in [3.63, 3.8) is 0 Å². The number of hydrogen-bond acceptors (Lipinski definition) is 4. The SMILES string of the molecule is C=C=C(CC(C)(C)C(=O)OC(C)(C)C)OC1CCC2(C)C(CCC3(C)C4CCC5(CC)CC(=O)C(C(C)C)=C5C4CCC32)C1(C)C. The summed E-state index contributed by atoms with van der Waals surface area (Å²) in [6, 6.07) is 0. The molecule has 0 aromatic carbocycles. The van der Waals surface area contributed by atoms with E-state index in [1.807, 2.05) is 34.6 Å². The summed E-state index contributed by atoms with van der Waals surface area (Å²) in [5, 5.41) is 0. The lowest BCUT2D eigenvalue weighted by Crippen LogP contribution is -2.62. The van der Waals surface area contributed by atoms with E-state index in [0.717, 1.165) is 19.3 Å². The summed E-state index contributed by atoms with van der Waals surface area (Å²) in [4.78, 5) is 26.5. The highest BCUT2D eigenvalue weighted by Gasteiger charge is 2.66. The Morgan fingerprint density at radius 2 is 1.59 bits per heavy atom. The van der Waals surface area contributed by atoms with Crippen LogP contribution in [0.1, 0.15) is 154 Å². The fourth-order valence-electron chi connectivity index (χ4n) is 12.3. The quantitative estimate of drug-likeness (QED) is 0.159. The van der Waals surface area contributed by atoms with Crippen LogP contribution in [0.2, 0.25) is 0 Å². The minimum atomic E-state index is -0.726. The van der Waals surface area contributed by atoms with Crippen LogP contribution in [0.4, 0.5) is 0 Å². The van der Waals surface area contributed by atoms with E-state index in [4.69, 9.17) is 9.47 Å². The Balaban J connectivity index is 1.37. The van der Waals surface area contributed by atoms with Crippen molar-refractivity contribution >= 4 is 11.8 Å². The number of fused-ring (bicyclic) bond motifs is 7. The first-order valence-corrected chi connectivity index (χ1v) is 18.7. The largest absolute Gasteiger partial charge is 0.486 e. The van der Waals surface area contributed by atoms with E-state index in [9.17, 15) is 9.59 Å². The lowest BCUT2D eigenvalue weighted by atomic mass is 9.36. The van der Waals surface area contributed by atoms with Crippen molar-refractivity contribution < 1.29 is 19.1 Å². The maximum atomic E-state index is 13.5. The van der Waals surface area contributed by atoms with Gasteiger partial charge in [-0.1, -0.05) is 66.3 Å². The van der Waals surface area contributed by atoms with E-state index in [1.54, 1.807) is 5.57 Å². The molecule has 8 unspecified atom stereocenters. The second kappa shape index (κ2) is 11.7. The second-order valence-corrected chi connectivity index (χ2v) is 19.3. The molecule has 0 aromatic rings. The number of allylic oxidation sites excluding steroid dienone is 3. The number of ether oxygens (including phenoxy) is 2. The molecule has 5 rings (SSSR count). The number of carbonyl (C=O) groups excluding carboxylic acids is 2. The number of ketones is 1. The maximum Gasteiger partial charge on any atom is 0.312 e. The molecule has 4 heteroatoms. The summed E-state index contributed by atoms with van der Waals surface area (Å²) in [5.74, 6) is 3.77. The highest BCUT2D eigenvalue weighted by Crippen LogP contribution is 2.73. The van der Waals surface area contributed by atoms with Crippen molar-refractivity contribution in [2.24, 2.45) is 56.7 Å². The molecule has 4 fully saturated rings. The second-order valence-electron chi connectivity index (χ2n) is 19.3. The van der Waals surface area contributed by atoms with E-state index in [0.29, 0.717) is 53.0 Å². The molecule has 0 N–H and O–H groups in total. The summed E-state index contributed by atoms with van der Waals surface area (Å²) < 4.78 is 12.6. The average Bonchev–Trinajstić information content (AvgIpc) is 3.25. The van der Waals surface area contributed by atoms with Gasteiger partial charge in [0.1, 0.15) is 17.5 Å². The monoisotopic (exact) mass is 634 g/mol. The molecule has 4 saturated carbocycles. The van der Waals surface area contributed by atoms with E-state index in [2.05, 4.69) is 60.8 Å².